The van der Waals surface area contributed by atoms with Crippen LogP contribution >= 0.6 is 0 Å². The fourth-order valence-corrected chi connectivity index (χ4v) is 5.40. The molecule has 0 radical (unpaired) electrons. The van der Waals surface area contributed by atoms with E-state index in [-0.39, 0.29) is 35.3 Å². The molecule has 1 aliphatic heterocycles. The number of esters is 1. The van der Waals surface area contributed by atoms with Gasteiger partial charge >= 0.3 is 5.97 Å². The summed E-state index contributed by atoms with van der Waals surface area (Å²) < 4.78 is 34.3. The van der Waals surface area contributed by atoms with Crippen molar-refractivity contribution in [2.45, 2.75) is 38.3 Å². The Hall–Kier alpha value is -2.35. The molecule has 7 nitrogen and oxygen atoms in total. The quantitative estimate of drug-likeness (QED) is 0.725. The van der Waals surface area contributed by atoms with Gasteiger partial charge in [0.1, 0.15) is 5.58 Å². The van der Waals surface area contributed by atoms with Gasteiger partial charge in [-0.2, -0.15) is 0 Å². The molecule has 144 valence electrons. The summed E-state index contributed by atoms with van der Waals surface area (Å²) in [5.74, 6) is -0.850. The SMILES string of the molecule is Cc1c(C(=O)OCC(=O)N(C2CC2)[C@@H]2CCS(=O)(=O)C2)oc2ccccc12. The Morgan fingerprint density at radius 2 is 1.93 bits per heavy atom. The number of rotatable bonds is 5. The smallest absolute Gasteiger partial charge is 0.375 e. The average molecular weight is 391 g/mol. The van der Waals surface area contributed by atoms with Crippen molar-refractivity contribution in [2.24, 2.45) is 0 Å². The molecule has 4 rings (SSSR count). The molecule has 1 saturated heterocycles. The van der Waals surface area contributed by atoms with E-state index in [1.165, 1.54) is 0 Å². The molecule has 0 unspecified atom stereocenters. The molecule has 1 atom stereocenters. The van der Waals surface area contributed by atoms with Crippen LogP contribution in [0.4, 0.5) is 0 Å². The van der Waals surface area contributed by atoms with E-state index in [9.17, 15) is 18.0 Å². The molecule has 0 bridgehead atoms. The van der Waals surface area contributed by atoms with Crippen LogP contribution in [0, 0.1) is 6.92 Å². The third kappa shape index (κ3) is 3.58. The molecule has 2 aliphatic rings. The van der Waals surface area contributed by atoms with E-state index in [1.807, 2.05) is 18.2 Å². The summed E-state index contributed by atoms with van der Waals surface area (Å²) in [4.78, 5) is 26.6. The maximum Gasteiger partial charge on any atom is 0.375 e. The van der Waals surface area contributed by atoms with E-state index in [4.69, 9.17) is 9.15 Å². The van der Waals surface area contributed by atoms with Gasteiger partial charge in [-0.1, -0.05) is 18.2 Å². The molecule has 27 heavy (non-hydrogen) atoms. The van der Waals surface area contributed by atoms with E-state index in [2.05, 4.69) is 0 Å². The highest BCUT2D eigenvalue weighted by Gasteiger charge is 2.42. The maximum atomic E-state index is 12.6. The number of nitrogens with zero attached hydrogens (tertiary/aromatic N) is 1. The van der Waals surface area contributed by atoms with E-state index < -0.39 is 22.4 Å². The van der Waals surface area contributed by atoms with Crippen LogP contribution in [-0.2, 0) is 19.4 Å². The first kappa shape index (κ1) is 18.0. The number of hydrogen-bond acceptors (Lipinski definition) is 6. The molecule has 1 aromatic heterocycles. The number of benzene rings is 1. The second-order valence-corrected chi connectivity index (χ2v) is 9.45. The zero-order valence-electron chi connectivity index (χ0n) is 15.0. The van der Waals surface area contributed by atoms with Gasteiger partial charge in [-0.05, 0) is 32.3 Å². The van der Waals surface area contributed by atoms with E-state index >= 15 is 0 Å². The van der Waals surface area contributed by atoms with Gasteiger partial charge in [0.2, 0.25) is 5.76 Å². The molecule has 1 aliphatic carbocycles. The van der Waals surface area contributed by atoms with Crippen molar-refractivity contribution in [1.82, 2.24) is 4.90 Å². The summed E-state index contributed by atoms with van der Waals surface area (Å²) >= 11 is 0. The normalized spacial score (nSPS) is 21.3. The topological polar surface area (TPSA) is 93.9 Å². The molecule has 2 aromatic rings. The number of aryl methyl sites for hydroxylation is 1. The van der Waals surface area contributed by atoms with Crippen molar-refractivity contribution < 1.29 is 27.2 Å². The molecule has 1 aromatic carbocycles. The fraction of sp³-hybridized carbons (Fsp3) is 0.474. The molecule has 0 N–H and O–H groups in total. The first-order valence-electron chi connectivity index (χ1n) is 9.02. The number of ether oxygens (including phenoxy) is 1. The number of carbonyl (C=O) groups is 2. The highest BCUT2D eigenvalue weighted by molar-refractivity contribution is 7.91. The van der Waals surface area contributed by atoms with Crippen molar-refractivity contribution in [1.29, 1.82) is 0 Å². The van der Waals surface area contributed by atoms with Crippen LogP contribution in [0.2, 0.25) is 0 Å². The van der Waals surface area contributed by atoms with Gasteiger partial charge in [0.25, 0.3) is 5.91 Å². The van der Waals surface area contributed by atoms with Crippen molar-refractivity contribution in [3.05, 3.63) is 35.6 Å². The summed E-state index contributed by atoms with van der Waals surface area (Å²) in [6, 6.07) is 7.02. The largest absolute Gasteiger partial charge is 0.450 e. The molecule has 2 heterocycles. The molecular formula is C19H21NO6S. The number of hydrogen-bond donors (Lipinski definition) is 0. The second-order valence-electron chi connectivity index (χ2n) is 7.22. The number of carbonyl (C=O) groups excluding carboxylic acids is 2. The van der Waals surface area contributed by atoms with Crippen molar-refractivity contribution >= 4 is 32.7 Å². The Balaban J connectivity index is 1.44. The Morgan fingerprint density at radius 3 is 2.56 bits per heavy atom. The van der Waals surface area contributed by atoms with Gasteiger partial charge in [0, 0.05) is 23.0 Å². The lowest BCUT2D eigenvalue weighted by molar-refractivity contribution is -0.137. The lowest BCUT2D eigenvalue weighted by Gasteiger charge is -2.28. The van der Waals surface area contributed by atoms with Crippen LogP contribution in [-0.4, -0.2) is 55.4 Å². The number of fused-ring (bicyclic) bond motifs is 1. The van der Waals surface area contributed by atoms with Crippen LogP contribution in [0.5, 0.6) is 0 Å². The highest BCUT2D eigenvalue weighted by Crippen LogP contribution is 2.32. The maximum absolute atomic E-state index is 12.6. The second kappa shape index (κ2) is 6.67. The Morgan fingerprint density at radius 1 is 1.19 bits per heavy atom. The highest BCUT2D eigenvalue weighted by atomic mass is 32.2. The molecular weight excluding hydrogens is 370 g/mol. The summed E-state index contributed by atoms with van der Waals surface area (Å²) in [6.45, 7) is 1.35. The zero-order valence-corrected chi connectivity index (χ0v) is 15.8. The van der Waals surface area contributed by atoms with E-state index in [0.29, 0.717) is 17.6 Å². The van der Waals surface area contributed by atoms with Crippen LogP contribution in [0.1, 0.15) is 35.4 Å². The van der Waals surface area contributed by atoms with Gasteiger partial charge in [0.15, 0.2) is 16.4 Å². The Labute approximate surface area is 157 Å². The standard InChI is InChI=1S/C19H21NO6S/c1-12-15-4-2-3-5-16(15)26-18(12)19(22)25-10-17(21)20(13-6-7-13)14-8-9-27(23,24)11-14/h2-5,13-14H,6-11H2,1H3/t14-/m1/s1. The van der Waals surface area contributed by atoms with E-state index in [1.54, 1.807) is 17.9 Å². The minimum atomic E-state index is -3.09. The molecule has 1 amide bonds. The first-order chi connectivity index (χ1) is 12.9. The zero-order chi connectivity index (χ0) is 19.2. The molecule has 0 spiro atoms. The average Bonchev–Trinajstić information content (AvgIpc) is 3.32. The Bertz CT molecular complexity index is 1000. The van der Waals surface area contributed by atoms with Gasteiger partial charge < -0.3 is 14.1 Å². The third-order valence-corrected chi connectivity index (χ3v) is 6.94. The lowest BCUT2D eigenvalue weighted by atomic mass is 10.1. The van der Waals surface area contributed by atoms with Crippen molar-refractivity contribution in [2.75, 3.05) is 18.1 Å². The van der Waals surface area contributed by atoms with E-state index in [0.717, 1.165) is 18.2 Å². The van der Waals surface area contributed by atoms with Crippen molar-refractivity contribution in [3.8, 4) is 0 Å². The Kier molecular flexibility index (Phi) is 4.46. The minimum absolute atomic E-state index is 0.00807. The minimum Gasteiger partial charge on any atom is -0.450 e. The molecule has 2 fully saturated rings. The molecule has 8 heteroatoms. The fourth-order valence-electron chi connectivity index (χ4n) is 3.69. The summed E-state index contributed by atoms with van der Waals surface area (Å²) in [7, 11) is -3.09. The van der Waals surface area contributed by atoms with Crippen LogP contribution in [0.3, 0.4) is 0 Å². The van der Waals surface area contributed by atoms with Gasteiger partial charge in [-0.3, -0.25) is 4.79 Å². The summed E-state index contributed by atoms with van der Waals surface area (Å²) in [5.41, 5.74) is 1.26. The van der Waals surface area contributed by atoms with Crippen molar-refractivity contribution in [3.63, 3.8) is 0 Å². The number of sulfone groups is 1. The monoisotopic (exact) mass is 391 g/mol. The van der Waals surface area contributed by atoms with Gasteiger partial charge in [-0.25, -0.2) is 13.2 Å². The molecule has 1 saturated carbocycles. The summed E-state index contributed by atoms with van der Waals surface area (Å²) in [5, 5.41) is 0.826. The predicted octanol–water partition coefficient (Wildman–Crippen LogP) is 2.08. The van der Waals surface area contributed by atoms with Crippen LogP contribution in [0.25, 0.3) is 11.0 Å². The van der Waals surface area contributed by atoms with Crippen LogP contribution < -0.4 is 0 Å². The number of furan rings is 1. The summed E-state index contributed by atoms with van der Waals surface area (Å²) in [6.07, 6.45) is 2.17. The van der Waals surface area contributed by atoms with Crippen LogP contribution in [0.15, 0.2) is 28.7 Å². The number of para-hydroxylation sites is 1. The third-order valence-electron chi connectivity index (χ3n) is 5.19. The van der Waals surface area contributed by atoms with Gasteiger partial charge in [-0.15, -0.1) is 0 Å². The number of amides is 1. The first-order valence-corrected chi connectivity index (χ1v) is 10.8. The van der Waals surface area contributed by atoms with Gasteiger partial charge in [0.05, 0.1) is 11.5 Å². The lowest BCUT2D eigenvalue weighted by Crippen LogP contribution is -2.44. The predicted molar refractivity (Wildman–Crippen MR) is 98.2 cm³/mol.